The summed E-state index contributed by atoms with van der Waals surface area (Å²) in [6.45, 7) is 0.732. The number of nitrogens with zero attached hydrogens (tertiary/aromatic N) is 1. The molecule has 2 heterocycles. The minimum absolute atomic E-state index is 0.174. The number of thiophene rings is 1. The second-order valence-electron chi connectivity index (χ2n) is 6.11. The second kappa shape index (κ2) is 7.97. The molecule has 1 aliphatic rings. The highest BCUT2D eigenvalue weighted by atomic mass is 32.1. The Balaban J connectivity index is 2.12. The van der Waals surface area contributed by atoms with Crippen molar-refractivity contribution in [3.05, 3.63) is 40.1 Å². The van der Waals surface area contributed by atoms with E-state index in [9.17, 15) is 9.90 Å². The number of carbonyl (C=O) groups is 1. The van der Waals surface area contributed by atoms with E-state index in [0.717, 1.165) is 23.4 Å². The fraction of sp³-hybridized carbons (Fsp3) is 0.421. The topological polar surface area (TPSA) is 68.2 Å². The van der Waals surface area contributed by atoms with Crippen LogP contribution < -0.4 is 14.2 Å². The van der Waals surface area contributed by atoms with E-state index in [1.807, 2.05) is 29.6 Å². The molecule has 0 amide bonds. The molecule has 1 fully saturated rings. The molecule has 1 saturated heterocycles. The second-order valence-corrected chi connectivity index (χ2v) is 7.09. The molecule has 1 aromatic carbocycles. The van der Waals surface area contributed by atoms with Crippen molar-refractivity contribution in [3.8, 4) is 17.2 Å². The van der Waals surface area contributed by atoms with Gasteiger partial charge in [0.15, 0.2) is 11.5 Å². The number of methoxy groups -OCH3 is 3. The highest BCUT2D eigenvalue weighted by molar-refractivity contribution is 7.10. The van der Waals surface area contributed by atoms with E-state index < -0.39 is 12.0 Å². The maximum Gasteiger partial charge on any atom is 0.320 e. The molecule has 6 nitrogen and oxygen atoms in total. The Morgan fingerprint density at radius 2 is 1.92 bits per heavy atom. The summed E-state index contributed by atoms with van der Waals surface area (Å²) in [5.41, 5.74) is 0.926. The molecule has 140 valence electrons. The summed E-state index contributed by atoms with van der Waals surface area (Å²) in [7, 11) is 4.73. The number of likely N-dealkylation sites (tertiary alicyclic amines) is 1. The Kier molecular flexibility index (Phi) is 5.68. The number of hydrogen-bond acceptors (Lipinski definition) is 6. The summed E-state index contributed by atoms with van der Waals surface area (Å²) < 4.78 is 16.4. The van der Waals surface area contributed by atoms with Crippen LogP contribution in [0.1, 0.15) is 29.3 Å². The Morgan fingerprint density at radius 3 is 2.42 bits per heavy atom. The predicted molar refractivity (Wildman–Crippen MR) is 99.6 cm³/mol. The lowest BCUT2D eigenvalue weighted by atomic mass is 10.0. The molecule has 1 N–H and O–H groups in total. The van der Waals surface area contributed by atoms with Gasteiger partial charge in [0.1, 0.15) is 6.04 Å². The van der Waals surface area contributed by atoms with Crippen LogP contribution >= 0.6 is 11.3 Å². The molecule has 2 unspecified atom stereocenters. The van der Waals surface area contributed by atoms with E-state index in [1.165, 1.54) is 0 Å². The molecule has 0 saturated carbocycles. The van der Waals surface area contributed by atoms with E-state index in [-0.39, 0.29) is 6.04 Å². The Morgan fingerprint density at radius 1 is 1.23 bits per heavy atom. The minimum atomic E-state index is -0.781. The Bertz CT molecular complexity index is 736. The number of benzene rings is 1. The van der Waals surface area contributed by atoms with Crippen LogP contribution in [0.15, 0.2) is 29.6 Å². The van der Waals surface area contributed by atoms with Crippen LogP contribution in [-0.4, -0.2) is 49.9 Å². The van der Waals surface area contributed by atoms with Crippen LogP contribution in [-0.2, 0) is 4.79 Å². The quantitative estimate of drug-likeness (QED) is 0.797. The van der Waals surface area contributed by atoms with E-state index in [2.05, 4.69) is 4.90 Å². The molecule has 1 aromatic heterocycles. The van der Waals surface area contributed by atoms with Crippen LogP contribution in [0, 0.1) is 0 Å². The summed E-state index contributed by atoms with van der Waals surface area (Å²) in [5, 5.41) is 11.7. The van der Waals surface area contributed by atoms with Crippen molar-refractivity contribution in [1.29, 1.82) is 0 Å². The van der Waals surface area contributed by atoms with Crippen LogP contribution in [0.5, 0.6) is 17.2 Å². The van der Waals surface area contributed by atoms with E-state index in [1.54, 1.807) is 32.7 Å². The van der Waals surface area contributed by atoms with Crippen molar-refractivity contribution >= 4 is 17.3 Å². The van der Waals surface area contributed by atoms with Crippen molar-refractivity contribution in [2.45, 2.75) is 24.9 Å². The highest BCUT2D eigenvalue weighted by Gasteiger charge is 2.38. The fourth-order valence-corrected chi connectivity index (χ4v) is 4.46. The van der Waals surface area contributed by atoms with Gasteiger partial charge in [-0.1, -0.05) is 6.07 Å². The largest absolute Gasteiger partial charge is 0.493 e. The van der Waals surface area contributed by atoms with Gasteiger partial charge in [0.2, 0.25) is 5.75 Å². The first-order valence-corrected chi connectivity index (χ1v) is 9.30. The summed E-state index contributed by atoms with van der Waals surface area (Å²) in [6.07, 6.45) is 1.52. The summed E-state index contributed by atoms with van der Waals surface area (Å²) >= 11 is 1.62. The van der Waals surface area contributed by atoms with Gasteiger partial charge in [0.25, 0.3) is 0 Å². The summed E-state index contributed by atoms with van der Waals surface area (Å²) in [6, 6.07) is 7.16. The molecular weight excluding hydrogens is 354 g/mol. The zero-order chi connectivity index (χ0) is 18.7. The molecule has 7 heteroatoms. The number of aliphatic carboxylic acids is 1. The third-order valence-corrected chi connectivity index (χ3v) is 5.65. The molecule has 2 aromatic rings. The monoisotopic (exact) mass is 377 g/mol. The number of carboxylic acids is 1. The lowest BCUT2D eigenvalue weighted by Crippen LogP contribution is -2.39. The van der Waals surface area contributed by atoms with E-state index in [0.29, 0.717) is 23.7 Å². The van der Waals surface area contributed by atoms with Gasteiger partial charge in [-0.05, 0) is 42.0 Å². The highest BCUT2D eigenvalue weighted by Crippen LogP contribution is 2.44. The molecule has 3 rings (SSSR count). The van der Waals surface area contributed by atoms with Crippen molar-refractivity contribution in [2.24, 2.45) is 0 Å². The number of rotatable bonds is 7. The molecule has 0 radical (unpaired) electrons. The molecule has 0 bridgehead atoms. The number of hydrogen-bond donors (Lipinski definition) is 1. The third kappa shape index (κ3) is 3.37. The molecule has 2 atom stereocenters. The third-order valence-electron chi connectivity index (χ3n) is 4.73. The Labute approximate surface area is 156 Å². The van der Waals surface area contributed by atoms with Crippen molar-refractivity contribution in [2.75, 3.05) is 27.9 Å². The van der Waals surface area contributed by atoms with Gasteiger partial charge < -0.3 is 19.3 Å². The van der Waals surface area contributed by atoms with Gasteiger partial charge in [-0.15, -0.1) is 11.3 Å². The maximum atomic E-state index is 11.8. The summed E-state index contributed by atoms with van der Waals surface area (Å²) in [5.74, 6) is 0.875. The molecule has 0 aliphatic carbocycles. The summed E-state index contributed by atoms with van der Waals surface area (Å²) in [4.78, 5) is 14.9. The average molecular weight is 377 g/mol. The van der Waals surface area contributed by atoms with Crippen LogP contribution in [0.4, 0.5) is 0 Å². The Hall–Kier alpha value is -2.25. The van der Waals surface area contributed by atoms with Crippen molar-refractivity contribution in [3.63, 3.8) is 0 Å². The normalized spacial score (nSPS) is 18.5. The van der Waals surface area contributed by atoms with Crippen molar-refractivity contribution in [1.82, 2.24) is 4.90 Å². The van der Waals surface area contributed by atoms with Gasteiger partial charge >= 0.3 is 5.97 Å². The SMILES string of the molecule is COc1cc(C(c2cccs2)N2CCCC2C(=O)O)cc(OC)c1OC. The van der Waals surface area contributed by atoms with E-state index >= 15 is 0 Å². The van der Waals surface area contributed by atoms with Crippen LogP contribution in [0.2, 0.25) is 0 Å². The van der Waals surface area contributed by atoms with Gasteiger partial charge in [-0.3, -0.25) is 9.69 Å². The first-order valence-electron chi connectivity index (χ1n) is 8.42. The van der Waals surface area contributed by atoms with Gasteiger partial charge in [-0.2, -0.15) is 0 Å². The molecular formula is C19H23NO5S. The lowest BCUT2D eigenvalue weighted by Gasteiger charge is -2.31. The number of carboxylic acid groups (broad SMARTS) is 1. The zero-order valence-corrected chi connectivity index (χ0v) is 15.9. The molecule has 26 heavy (non-hydrogen) atoms. The number of ether oxygens (including phenoxy) is 3. The van der Waals surface area contributed by atoms with Gasteiger partial charge in [0.05, 0.1) is 27.4 Å². The molecule has 0 spiro atoms. The average Bonchev–Trinajstić information content (AvgIpc) is 3.33. The minimum Gasteiger partial charge on any atom is -0.493 e. The fourth-order valence-electron chi connectivity index (χ4n) is 3.59. The van der Waals surface area contributed by atoms with Crippen LogP contribution in [0.3, 0.4) is 0 Å². The van der Waals surface area contributed by atoms with Gasteiger partial charge in [0, 0.05) is 11.4 Å². The van der Waals surface area contributed by atoms with E-state index in [4.69, 9.17) is 14.2 Å². The predicted octanol–water partition coefficient (Wildman–Crippen LogP) is 3.41. The zero-order valence-electron chi connectivity index (χ0n) is 15.1. The molecule has 1 aliphatic heterocycles. The maximum absolute atomic E-state index is 11.8. The smallest absolute Gasteiger partial charge is 0.320 e. The first kappa shape index (κ1) is 18.5. The lowest BCUT2D eigenvalue weighted by molar-refractivity contribution is -0.142. The standard InChI is InChI=1S/C19H23NO5S/c1-23-14-10-12(11-15(24-2)18(14)25-3)17(16-7-5-9-26-16)20-8-4-6-13(20)19(21)22/h5,7,9-11,13,17H,4,6,8H2,1-3H3,(H,21,22). The van der Waals surface area contributed by atoms with Crippen molar-refractivity contribution < 1.29 is 24.1 Å². The van der Waals surface area contributed by atoms with Crippen LogP contribution in [0.25, 0.3) is 0 Å². The van der Waals surface area contributed by atoms with Gasteiger partial charge in [-0.25, -0.2) is 0 Å². The first-order chi connectivity index (χ1) is 12.6.